The zero-order chi connectivity index (χ0) is 25.8. The van der Waals surface area contributed by atoms with E-state index in [1.807, 2.05) is 0 Å². The van der Waals surface area contributed by atoms with Crippen LogP contribution in [0.4, 0.5) is 4.79 Å². The van der Waals surface area contributed by atoms with Gasteiger partial charge >= 0.3 is 5.97 Å². The summed E-state index contributed by atoms with van der Waals surface area (Å²) < 4.78 is 21.3. The molecule has 1 aliphatic rings. The Labute approximate surface area is 220 Å². The van der Waals surface area contributed by atoms with Crippen LogP contribution >= 0.6 is 35.0 Å². The highest BCUT2D eigenvalue weighted by molar-refractivity contribution is 8.18. The molecule has 0 bridgehead atoms. The van der Waals surface area contributed by atoms with Gasteiger partial charge in [0.25, 0.3) is 11.1 Å². The Morgan fingerprint density at radius 3 is 2.58 bits per heavy atom. The molecular weight excluding hydrogens is 529 g/mol. The first-order chi connectivity index (χ1) is 17.3. The standard InChI is InChI=1S/C25H19Cl2NO7S/c1-32-21-9-14(3-7-19(21)34-13-15-4-5-16(26)11-18(15)27)10-22-23(29)28(25(31)36-22)12-17-6-8-20(35-17)24(30)33-2/h3-11H,12-13H2,1-2H3/b22-10+. The fraction of sp³-hybridized carbons (Fsp3) is 0.160. The first-order valence-corrected chi connectivity index (χ1v) is 12.0. The highest BCUT2D eigenvalue weighted by Crippen LogP contribution is 2.36. The number of carbonyl (C=O) groups excluding carboxylic acids is 3. The topological polar surface area (TPSA) is 95.3 Å². The number of ether oxygens (including phenoxy) is 3. The summed E-state index contributed by atoms with van der Waals surface area (Å²) >= 11 is 12.9. The van der Waals surface area contributed by atoms with E-state index in [2.05, 4.69) is 4.74 Å². The Balaban J connectivity index is 1.47. The normalized spacial score (nSPS) is 14.4. The zero-order valence-corrected chi connectivity index (χ0v) is 21.4. The minimum atomic E-state index is -0.645. The number of thioether (sulfide) groups is 1. The van der Waals surface area contributed by atoms with Gasteiger partial charge in [0.2, 0.25) is 5.76 Å². The first kappa shape index (κ1) is 25.7. The maximum absolute atomic E-state index is 12.9. The quantitative estimate of drug-likeness (QED) is 0.243. The van der Waals surface area contributed by atoms with Gasteiger partial charge in [0.15, 0.2) is 11.5 Å². The number of halogens is 2. The van der Waals surface area contributed by atoms with Crippen LogP contribution in [0, 0.1) is 0 Å². The molecule has 1 aromatic heterocycles. The second kappa shape index (κ2) is 11.1. The molecule has 3 aromatic rings. The maximum Gasteiger partial charge on any atom is 0.373 e. The molecule has 0 spiro atoms. The van der Waals surface area contributed by atoms with Crippen LogP contribution in [0.15, 0.2) is 57.9 Å². The van der Waals surface area contributed by atoms with E-state index in [4.69, 9.17) is 37.1 Å². The fourth-order valence-corrected chi connectivity index (χ4v) is 4.61. The summed E-state index contributed by atoms with van der Waals surface area (Å²) in [6, 6.07) is 13.2. The SMILES string of the molecule is COC(=O)c1ccc(CN2C(=O)S/C(=C/c3ccc(OCc4ccc(Cl)cc4Cl)c(OC)c3)C2=O)o1. The summed E-state index contributed by atoms with van der Waals surface area (Å²) in [4.78, 5) is 38.2. The average Bonchev–Trinajstić information content (AvgIpc) is 3.44. The van der Waals surface area contributed by atoms with Crippen molar-refractivity contribution >= 4 is 58.2 Å². The Hall–Kier alpha value is -3.40. The van der Waals surface area contributed by atoms with Crippen molar-refractivity contribution in [1.82, 2.24) is 4.90 Å². The van der Waals surface area contributed by atoms with Gasteiger partial charge in [0.05, 0.1) is 25.7 Å². The number of imide groups is 1. The van der Waals surface area contributed by atoms with Gasteiger partial charge in [-0.15, -0.1) is 0 Å². The van der Waals surface area contributed by atoms with Crippen molar-refractivity contribution in [2.45, 2.75) is 13.2 Å². The molecule has 0 radical (unpaired) electrons. The van der Waals surface area contributed by atoms with E-state index in [-0.39, 0.29) is 29.6 Å². The number of esters is 1. The van der Waals surface area contributed by atoms with Crippen molar-refractivity contribution in [1.29, 1.82) is 0 Å². The molecular formula is C25H19Cl2NO7S. The average molecular weight is 548 g/mol. The lowest BCUT2D eigenvalue weighted by atomic mass is 10.1. The van der Waals surface area contributed by atoms with Crippen LogP contribution in [0.25, 0.3) is 6.08 Å². The largest absolute Gasteiger partial charge is 0.493 e. The number of methoxy groups -OCH3 is 2. The van der Waals surface area contributed by atoms with Gasteiger partial charge in [0.1, 0.15) is 12.4 Å². The summed E-state index contributed by atoms with van der Waals surface area (Å²) in [5.41, 5.74) is 1.40. The minimum absolute atomic E-state index is 0.0113. The fourth-order valence-electron chi connectivity index (χ4n) is 3.30. The molecule has 0 unspecified atom stereocenters. The summed E-state index contributed by atoms with van der Waals surface area (Å²) in [6.45, 7) is 0.0947. The highest BCUT2D eigenvalue weighted by atomic mass is 35.5. The Morgan fingerprint density at radius 1 is 1.06 bits per heavy atom. The molecule has 0 aliphatic carbocycles. The molecule has 1 saturated heterocycles. The first-order valence-electron chi connectivity index (χ1n) is 10.5. The van der Waals surface area contributed by atoms with Gasteiger partial charge in [0, 0.05) is 15.6 Å². The molecule has 2 aromatic carbocycles. The summed E-state index contributed by atoms with van der Waals surface area (Å²) in [5.74, 6) is 0.0725. The minimum Gasteiger partial charge on any atom is -0.493 e. The van der Waals surface area contributed by atoms with E-state index in [0.29, 0.717) is 27.1 Å². The Morgan fingerprint density at radius 2 is 1.86 bits per heavy atom. The highest BCUT2D eigenvalue weighted by Gasteiger charge is 2.35. The van der Waals surface area contributed by atoms with Gasteiger partial charge in [-0.2, -0.15) is 0 Å². The molecule has 11 heteroatoms. The molecule has 8 nitrogen and oxygen atoms in total. The van der Waals surface area contributed by atoms with Crippen LogP contribution in [0.3, 0.4) is 0 Å². The molecule has 0 saturated carbocycles. The molecule has 2 amide bonds. The van der Waals surface area contributed by atoms with Crippen molar-refractivity contribution in [3.63, 3.8) is 0 Å². The third-order valence-corrected chi connectivity index (χ3v) is 6.61. The predicted molar refractivity (Wildman–Crippen MR) is 135 cm³/mol. The summed E-state index contributed by atoms with van der Waals surface area (Å²) in [7, 11) is 2.73. The van der Waals surface area contributed by atoms with Crippen LogP contribution < -0.4 is 9.47 Å². The molecule has 2 heterocycles. The van der Waals surface area contributed by atoms with Gasteiger partial charge in [-0.1, -0.05) is 35.3 Å². The number of hydrogen-bond donors (Lipinski definition) is 0. The van der Waals surface area contributed by atoms with Crippen molar-refractivity contribution < 1.29 is 33.0 Å². The summed E-state index contributed by atoms with van der Waals surface area (Å²) in [5, 5.41) is 0.573. The predicted octanol–water partition coefficient (Wildman–Crippen LogP) is 6.20. The molecule has 1 aliphatic heterocycles. The lowest BCUT2D eigenvalue weighted by Crippen LogP contribution is -2.27. The molecule has 0 atom stereocenters. The van der Waals surface area contributed by atoms with E-state index in [0.717, 1.165) is 22.2 Å². The lowest BCUT2D eigenvalue weighted by Gasteiger charge is -2.12. The zero-order valence-electron chi connectivity index (χ0n) is 19.1. The number of carbonyl (C=O) groups is 3. The second-order valence-electron chi connectivity index (χ2n) is 7.46. The maximum atomic E-state index is 12.9. The van der Waals surface area contributed by atoms with Gasteiger partial charge < -0.3 is 18.6 Å². The van der Waals surface area contributed by atoms with Crippen molar-refractivity contribution in [3.8, 4) is 11.5 Å². The third-order valence-electron chi connectivity index (χ3n) is 5.12. The monoisotopic (exact) mass is 547 g/mol. The number of hydrogen-bond acceptors (Lipinski definition) is 8. The van der Waals surface area contributed by atoms with Crippen LogP contribution in [0.1, 0.15) is 27.4 Å². The third kappa shape index (κ3) is 5.70. The van der Waals surface area contributed by atoms with Crippen molar-refractivity contribution in [3.05, 3.63) is 86.1 Å². The smallest absolute Gasteiger partial charge is 0.373 e. The van der Waals surface area contributed by atoms with Gasteiger partial charge in [-0.3, -0.25) is 14.5 Å². The van der Waals surface area contributed by atoms with Gasteiger partial charge in [-0.25, -0.2) is 4.79 Å². The molecule has 0 N–H and O–H groups in total. The number of amides is 2. The Kier molecular flexibility index (Phi) is 7.93. The van der Waals surface area contributed by atoms with Crippen LogP contribution in [-0.4, -0.2) is 36.2 Å². The number of rotatable bonds is 8. The molecule has 36 heavy (non-hydrogen) atoms. The molecule has 186 valence electrons. The number of benzene rings is 2. The van der Waals surface area contributed by atoms with Crippen molar-refractivity contribution in [2.24, 2.45) is 0 Å². The number of nitrogens with zero attached hydrogens (tertiary/aromatic N) is 1. The molecule has 1 fully saturated rings. The van der Waals surface area contributed by atoms with Crippen LogP contribution in [-0.2, 0) is 22.7 Å². The lowest BCUT2D eigenvalue weighted by molar-refractivity contribution is -0.123. The summed E-state index contributed by atoms with van der Waals surface area (Å²) in [6.07, 6.45) is 1.59. The van der Waals surface area contributed by atoms with Crippen molar-refractivity contribution in [2.75, 3.05) is 14.2 Å². The van der Waals surface area contributed by atoms with E-state index < -0.39 is 17.1 Å². The Bertz CT molecular complexity index is 1370. The van der Waals surface area contributed by atoms with Crippen LogP contribution in [0.5, 0.6) is 11.5 Å². The number of furan rings is 1. The van der Waals surface area contributed by atoms with Crippen LogP contribution in [0.2, 0.25) is 10.0 Å². The van der Waals surface area contributed by atoms with E-state index >= 15 is 0 Å². The van der Waals surface area contributed by atoms with E-state index in [1.54, 1.807) is 42.5 Å². The van der Waals surface area contributed by atoms with E-state index in [9.17, 15) is 14.4 Å². The second-order valence-corrected chi connectivity index (χ2v) is 9.30. The molecule has 4 rings (SSSR count). The van der Waals surface area contributed by atoms with E-state index in [1.165, 1.54) is 26.4 Å². The van der Waals surface area contributed by atoms with Gasteiger partial charge in [-0.05, 0) is 59.8 Å².